The number of aryl methyl sites for hydroxylation is 1. The first-order chi connectivity index (χ1) is 14.7. The first kappa shape index (κ1) is 22.1. The summed E-state index contributed by atoms with van der Waals surface area (Å²) in [5.74, 6) is -0.668. The maximum Gasteiger partial charge on any atom is 0.270 e. The Morgan fingerprint density at radius 1 is 1.03 bits per heavy atom. The third-order valence-corrected chi connectivity index (χ3v) is 6.07. The molecule has 31 heavy (non-hydrogen) atoms. The molecule has 0 fully saturated rings. The van der Waals surface area contributed by atoms with Crippen LogP contribution in [0.4, 0.5) is 15.8 Å². The number of nitrogens with zero attached hydrogens (tertiary/aromatic N) is 1. The van der Waals surface area contributed by atoms with Gasteiger partial charge in [-0.25, -0.2) is 12.8 Å². The van der Waals surface area contributed by atoms with Crippen molar-refractivity contribution >= 4 is 27.2 Å². The van der Waals surface area contributed by atoms with Crippen LogP contribution < -0.4 is 4.72 Å². The van der Waals surface area contributed by atoms with Gasteiger partial charge in [0.1, 0.15) is 6.67 Å². The molecule has 3 rings (SSSR count). The van der Waals surface area contributed by atoms with Gasteiger partial charge in [0.2, 0.25) is 0 Å². The summed E-state index contributed by atoms with van der Waals surface area (Å²) in [6, 6.07) is 15.3. The molecule has 0 aromatic heterocycles. The second kappa shape index (κ2) is 9.05. The number of hydrogen-bond acceptors (Lipinski definition) is 5. The van der Waals surface area contributed by atoms with E-state index in [4.69, 9.17) is 0 Å². The lowest BCUT2D eigenvalue weighted by atomic mass is 10.00. The summed E-state index contributed by atoms with van der Waals surface area (Å²) >= 11 is 0. The first-order valence-corrected chi connectivity index (χ1v) is 10.8. The highest BCUT2D eigenvalue weighted by atomic mass is 32.2. The van der Waals surface area contributed by atoms with Gasteiger partial charge in [0, 0.05) is 17.7 Å². The van der Waals surface area contributed by atoms with Crippen LogP contribution >= 0.6 is 0 Å². The zero-order valence-electron chi connectivity index (χ0n) is 16.5. The molecule has 0 aliphatic heterocycles. The van der Waals surface area contributed by atoms with Gasteiger partial charge < -0.3 is 0 Å². The van der Waals surface area contributed by atoms with Crippen LogP contribution in [0.1, 0.15) is 34.0 Å². The highest BCUT2D eigenvalue weighted by molar-refractivity contribution is 7.92. The average Bonchev–Trinajstić information content (AvgIpc) is 2.78. The molecule has 0 unspecified atom stereocenters. The van der Waals surface area contributed by atoms with Crippen LogP contribution in [0.3, 0.4) is 0 Å². The number of nitro benzene ring substituents is 1. The minimum atomic E-state index is -4.05. The molecule has 3 aromatic carbocycles. The fraction of sp³-hybridized carbons (Fsp3) is 0.136. The minimum absolute atomic E-state index is 0.0131. The van der Waals surface area contributed by atoms with E-state index in [-0.39, 0.29) is 33.0 Å². The number of nitro groups is 1. The van der Waals surface area contributed by atoms with Crippen molar-refractivity contribution < 1.29 is 22.5 Å². The zero-order valence-corrected chi connectivity index (χ0v) is 17.4. The monoisotopic (exact) mass is 442 g/mol. The smallest absolute Gasteiger partial charge is 0.270 e. The third-order valence-electron chi connectivity index (χ3n) is 4.69. The number of non-ortho nitro benzene ring substituents is 1. The fourth-order valence-electron chi connectivity index (χ4n) is 2.98. The number of ketones is 1. The van der Waals surface area contributed by atoms with Gasteiger partial charge >= 0.3 is 0 Å². The average molecular weight is 442 g/mol. The molecule has 0 bridgehead atoms. The normalized spacial score (nSPS) is 11.2. The zero-order chi connectivity index (χ0) is 22.6. The molecule has 0 saturated carbocycles. The molecular weight excluding hydrogens is 423 g/mol. The van der Waals surface area contributed by atoms with E-state index in [0.29, 0.717) is 0 Å². The van der Waals surface area contributed by atoms with Gasteiger partial charge in [-0.15, -0.1) is 0 Å². The highest BCUT2D eigenvalue weighted by Crippen LogP contribution is 2.27. The van der Waals surface area contributed by atoms with E-state index < -0.39 is 27.4 Å². The largest absolute Gasteiger partial charge is 0.289 e. The number of sulfonamides is 1. The van der Waals surface area contributed by atoms with Gasteiger partial charge in [-0.3, -0.25) is 19.6 Å². The Hall–Kier alpha value is -3.59. The van der Waals surface area contributed by atoms with Gasteiger partial charge in [-0.05, 0) is 41.8 Å². The number of carbonyl (C=O) groups excluding carboxylic acids is 1. The molecule has 7 nitrogen and oxygen atoms in total. The van der Waals surface area contributed by atoms with E-state index in [2.05, 4.69) is 4.72 Å². The van der Waals surface area contributed by atoms with E-state index in [0.717, 1.165) is 24.1 Å². The van der Waals surface area contributed by atoms with Crippen LogP contribution in [0.2, 0.25) is 0 Å². The van der Waals surface area contributed by atoms with Crippen LogP contribution in [0.15, 0.2) is 71.6 Å². The van der Waals surface area contributed by atoms with E-state index in [1.807, 2.05) is 6.92 Å². The highest BCUT2D eigenvalue weighted by Gasteiger charge is 2.22. The van der Waals surface area contributed by atoms with Crippen LogP contribution in [-0.2, 0) is 23.1 Å². The van der Waals surface area contributed by atoms with E-state index in [9.17, 15) is 27.7 Å². The predicted octanol–water partition coefficient (Wildman–Crippen LogP) is 4.66. The summed E-state index contributed by atoms with van der Waals surface area (Å²) in [4.78, 5) is 23.5. The minimum Gasteiger partial charge on any atom is -0.289 e. The number of hydrogen-bond donors (Lipinski definition) is 1. The lowest BCUT2D eigenvalue weighted by Gasteiger charge is -2.13. The molecule has 160 valence electrons. The molecule has 1 N–H and O–H groups in total. The topological polar surface area (TPSA) is 106 Å². The van der Waals surface area contributed by atoms with Crippen LogP contribution in [0, 0.1) is 10.1 Å². The van der Waals surface area contributed by atoms with Gasteiger partial charge in [-0.2, -0.15) is 0 Å². The lowest BCUT2D eigenvalue weighted by Crippen LogP contribution is -2.16. The van der Waals surface area contributed by atoms with Crippen molar-refractivity contribution in [1.82, 2.24) is 0 Å². The molecule has 0 aliphatic rings. The predicted molar refractivity (Wildman–Crippen MR) is 114 cm³/mol. The number of nitrogens with one attached hydrogen (secondary N) is 1. The molecule has 0 saturated heterocycles. The molecule has 0 spiro atoms. The van der Waals surface area contributed by atoms with Gasteiger partial charge in [0.05, 0.1) is 21.1 Å². The summed E-state index contributed by atoms with van der Waals surface area (Å²) in [5, 5.41) is 11.2. The number of benzene rings is 3. The van der Waals surface area contributed by atoms with Crippen LogP contribution in [0.25, 0.3) is 0 Å². The van der Waals surface area contributed by atoms with E-state index in [1.54, 1.807) is 12.1 Å². The SMILES string of the molecule is CCc1ccc(S(=O)(=O)Nc2ccc([N+](=O)[O-])cc2C(=O)c2cccc(CF)c2)cc1. The summed E-state index contributed by atoms with van der Waals surface area (Å²) in [7, 11) is -4.05. The third kappa shape index (κ3) is 4.95. The van der Waals surface area contributed by atoms with Crippen molar-refractivity contribution in [1.29, 1.82) is 0 Å². The second-order valence-electron chi connectivity index (χ2n) is 6.75. The standard InChI is InChI=1S/C22H19FN2O5S/c1-2-15-6-9-19(10-7-15)31(29,30)24-21-11-8-18(25(27)28)13-20(21)22(26)17-5-3-4-16(12-17)14-23/h3-13,24H,2,14H2,1H3. The van der Waals surface area contributed by atoms with Crippen molar-refractivity contribution in [3.05, 3.63) is 99.1 Å². The van der Waals surface area contributed by atoms with E-state index >= 15 is 0 Å². The molecule has 3 aromatic rings. The first-order valence-electron chi connectivity index (χ1n) is 9.35. The Kier molecular flexibility index (Phi) is 6.45. The molecular formula is C22H19FN2O5S. The van der Waals surface area contributed by atoms with Crippen molar-refractivity contribution in [2.24, 2.45) is 0 Å². The summed E-state index contributed by atoms with van der Waals surface area (Å²) < 4.78 is 41.0. The van der Waals surface area contributed by atoms with Crippen molar-refractivity contribution in [2.45, 2.75) is 24.9 Å². The van der Waals surface area contributed by atoms with Gasteiger partial charge in [0.25, 0.3) is 15.7 Å². The Morgan fingerprint density at radius 2 is 1.74 bits per heavy atom. The molecule has 0 amide bonds. The number of halogens is 1. The summed E-state index contributed by atoms with van der Waals surface area (Å²) in [5.41, 5.74) is 0.607. The van der Waals surface area contributed by atoms with Crippen LogP contribution in [0.5, 0.6) is 0 Å². The Labute approximate surface area is 178 Å². The lowest BCUT2D eigenvalue weighted by molar-refractivity contribution is -0.384. The molecule has 0 aliphatic carbocycles. The summed E-state index contributed by atoms with van der Waals surface area (Å²) in [6.45, 7) is 1.15. The van der Waals surface area contributed by atoms with Gasteiger partial charge in [0.15, 0.2) is 5.78 Å². The fourth-order valence-corrected chi connectivity index (χ4v) is 4.06. The number of alkyl halides is 1. The molecule has 0 atom stereocenters. The van der Waals surface area contributed by atoms with Crippen molar-refractivity contribution in [2.75, 3.05) is 4.72 Å². The molecule has 0 heterocycles. The number of rotatable bonds is 8. The number of carbonyl (C=O) groups is 1. The van der Waals surface area contributed by atoms with E-state index in [1.165, 1.54) is 42.5 Å². The van der Waals surface area contributed by atoms with Crippen molar-refractivity contribution in [3.63, 3.8) is 0 Å². The Bertz CT molecular complexity index is 1240. The molecule has 0 radical (unpaired) electrons. The molecule has 9 heteroatoms. The van der Waals surface area contributed by atoms with Crippen molar-refractivity contribution in [3.8, 4) is 0 Å². The second-order valence-corrected chi connectivity index (χ2v) is 8.44. The number of anilines is 1. The van der Waals surface area contributed by atoms with Crippen LogP contribution in [-0.4, -0.2) is 19.1 Å². The maximum absolute atomic E-state index is 13.0. The van der Waals surface area contributed by atoms with Gasteiger partial charge in [-0.1, -0.05) is 37.3 Å². The Balaban J connectivity index is 2.05. The quantitative estimate of drug-likeness (QED) is 0.310. The Morgan fingerprint density at radius 3 is 2.35 bits per heavy atom. The summed E-state index contributed by atoms with van der Waals surface area (Å²) in [6.07, 6.45) is 0.743. The maximum atomic E-state index is 13.0.